The van der Waals surface area contributed by atoms with Crippen molar-refractivity contribution in [3.05, 3.63) is 59.4 Å². The van der Waals surface area contributed by atoms with Gasteiger partial charge >= 0.3 is 0 Å². The zero-order valence-electron chi connectivity index (χ0n) is 12.4. The maximum absolute atomic E-state index is 13.6. The summed E-state index contributed by atoms with van der Waals surface area (Å²) in [5.41, 5.74) is 1.56. The van der Waals surface area contributed by atoms with Crippen LogP contribution in [0.3, 0.4) is 0 Å². The van der Waals surface area contributed by atoms with E-state index in [1.54, 1.807) is 25.3 Å². The summed E-state index contributed by atoms with van der Waals surface area (Å²) in [5.74, 6) is 1.17. The topological polar surface area (TPSA) is 30.5 Å². The van der Waals surface area contributed by atoms with Gasteiger partial charge in [-0.25, -0.2) is 4.39 Å². The molecule has 112 valence electrons. The van der Waals surface area contributed by atoms with Crippen LogP contribution in [0.2, 0.25) is 0 Å². The normalized spacial score (nSPS) is 10.4. The molecule has 0 aliphatic rings. The van der Waals surface area contributed by atoms with E-state index in [2.05, 4.69) is 5.32 Å². The predicted molar refractivity (Wildman–Crippen MR) is 81.1 cm³/mol. The Kier molecular flexibility index (Phi) is 5.58. The molecule has 0 aliphatic heterocycles. The van der Waals surface area contributed by atoms with Crippen LogP contribution in [0.15, 0.2) is 42.5 Å². The van der Waals surface area contributed by atoms with Gasteiger partial charge in [-0.1, -0.05) is 31.2 Å². The molecule has 0 aromatic heterocycles. The van der Waals surface area contributed by atoms with E-state index in [1.165, 1.54) is 6.07 Å². The minimum absolute atomic E-state index is 0.193. The lowest BCUT2D eigenvalue weighted by molar-refractivity contribution is 0.293. The largest absolute Gasteiger partial charge is 0.497 e. The molecule has 0 atom stereocenters. The van der Waals surface area contributed by atoms with E-state index in [-0.39, 0.29) is 12.4 Å². The molecule has 0 radical (unpaired) electrons. The van der Waals surface area contributed by atoms with Gasteiger partial charge in [0, 0.05) is 23.7 Å². The molecule has 0 unspecified atom stereocenters. The van der Waals surface area contributed by atoms with Crippen LogP contribution in [0.1, 0.15) is 18.1 Å². The smallest absolute Gasteiger partial charge is 0.129 e. The van der Waals surface area contributed by atoms with Gasteiger partial charge in [0.2, 0.25) is 0 Å². The highest BCUT2D eigenvalue weighted by atomic mass is 19.1. The number of nitrogens with one attached hydrogen (secondary N) is 1. The fraction of sp³-hybridized carbons (Fsp3) is 0.294. The van der Waals surface area contributed by atoms with Gasteiger partial charge in [-0.15, -0.1) is 0 Å². The number of methoxy groups -OCH3 is 1. The molecule has 0 fully saturated rings. The first-order chi connectivity index (χ1) is 10.2. The SMILES string of the molecule is CCNCc1ccc(OC)cc1OCc1ccccc1F. The van der Waals surface area contributed by atoms with Crippen molar-refractivity contribution in [3.8, 4) is 11.5 Å². The first-order valence-corrected chi connectivity index (χ1v) is 6.98. The van der Waals surface area contributed by atoms with Crippen LogP contribution in [0.5, 0.6) is 11.5 Å². The molecular weight excluding hydrogens is 269 g/mol. The van der Waals surface area contributed by atoms with Gasteiger partial charge in [-0.2, -0.15) is 0 Å². The molecule has 3 nitrogen and oxygen atoms in total. The van der Waals surface area contributed by atoms with E-state index in [9.17, 15) is 4.39 Å². The lowest BCUT2D eigenvalue weighted by atomic mass is 10.2. The molecule has 0 spiro atoms. The van der Waals surface area contributed by atoms with Crippen LogP contribution in [0.25, 0.3) is 0 Å². The molecule has 1 N–H and O–H groups in total. The van der Waals surface area contributed by atoms with E-state index < -0.39 is 0 Å². The van der Waals surface area contributed by atoms with Gasteiger partial charge in [0.1, 0.15) is 23.9 Å². The third kappa shape index (κ3) is 4.20. The van der Waals surface area contributed by atoms with E-state index in [0.29, 0.717) is 17.9 Å². The molecule has 0 saturated carbocycles. The van der Waals surface area contributed by atoms with Crippen molar-refractivity contribution in [2.75, 3.05) is 13.7 Å². The Labute approximate surface area is 124 Å². The van der Waals surface area contributed by atoms with E-state index >= 15 is 0 Å². The minimum Gasteiger partial charge on any atom is -0.497 e. The molecule has 2 aromatic rings. The number of benzene rings is 2. The lowest BCUT2D eigenvalue weighted by Gasteiger charge is -2.13. The molecule has 0 saturated heterocycles. The summed E-state index contributed by atoms with van der Waals surface area (Å²) in [4.78, 5) is 0. The second-order valence-electron chi connectivity index (χ2n) is 4.63. The zero-order chi connectivity index (χ0) is 15.1. The van der Waals surface area contributed by atoms with Crippen LogP contribution >= 0.6 is 0 Å². The Balaban J connectivity index is 2.14. The third-order valence-corrected chi connectivity index (χ3v) is 3.18. The fourth-order valence-corrected chi connectivity index (χ4v) is 1.97. The Morgan fingerprint density at radius 3 is 2.62 bits per heavy atom. The number of rotatable bonds is 7. The van der Waals surface area contributed by atoms with Gasteiger partial charge in [0.05, 0.1) is 7.11 Å². The molecule has 2 aromatic carbocycles. The van der Waals surface area contributed by atoms with Crippen LogP contribution < -0.4 is 14.8 Å². The van der Waals surface area contributed by atoms with E-state index in [4.69, 9.17) is 9.47 Å². The summed E-state index contributed by atoms with van der Waals surface area (Å²) in [6.45, 7) is 3.81. The zero-order valence-corrected chi connectivity index (χ0v) is 12.4. The van der Waals surface area contributed by atoms with Crippen molar-refractivity contribution < 1.29 is 13.9 Å². The lowest BCUT2D eigenvalue weighted by Crippen LogP contribution is -2.13. The van der Waals surface area contributed by atoms with Crippen molar-refractivity contribution in [2.45, 2.75) is 20.1 Å². The Morgan fingerprint density at radius 1 is 1.10 bits per heavy atom. The maximum Gasteiger partial charge on any atom is 0.129 e. The van der Waals surface area contributed by atoms with Crippen molar-refractivity contribution in [1.82, 2.24) is 5.32 Å². The predicted octanol–water partition coefficient (Wildman–Crippen LogP) is 3.52. The van der Waals surface area contributed by atoms with Gasteiger partial charge < -0.3 is 14.8 Å². The molecule has 0 heterocycles. The van der Waals surface area contributed by atoms with E-state index in [0.717, 1.165) is 17.9 Å². The molecule has 0 aliphatic carbocycles. The highest BCUT2D eigenvalue weighted by Gasteiger charge is 2.08. The molecular formula is C17H20FNO2. The first-order valence-electron chi connectivity index (χ1n) is 6.98. The second-order valence-corrected chi connectivity index (χ2v) is 4.63. The standard InChI is InChI=1S/C17H20FNO2/c1-3-19-11-13-8-9-15(20-2)10-17(13)21-12-14-6-4-5-7-16(14)18/h4-10,19H,3,11-12H2,1-2H3. The van der Waals surface area contributed by atoms with Gasteiger partial charge in [0.15, 0.2) is 0 Å². The summed E-state index contributed by atoms with van der Waals surface area (Å²) in [6, 6.07) is 12.3. The van der Waals surface area contributed by atoms with Gasteiger partial charge in [0.25, 0.3) is 0 Å². The first kappa shape index (κ1) is 15.3. The summed E-state index contributed by atoms with van der Waals surface area (Å²) < 4.78 is 24.6. The minimum atomic E-state index is -0.256. The highest BCUT2D eigenvalue weighted by molar-refractivity contribution is 5.41. The number of hydrogen-bond donors (Lipinski definition) is 1. The molecule has 0 amide bonds. The Morgan fingerprint density at radius 2 is 1.90 bits per heavy atom. The quantitative estimate of drug-likeness (QED) is 0.846. The van der Waals surface area contributed by atoms with Crippen LogP contribution in [0, 0.1) is 5.82 Å². The van der Waals surface area contributed by atoms with Crippen LogP contribution in [0.4, 0.5) is 4.39 Å². The molecule has 2 rings (SSSR count). The second kappa shape index (κ2) is 7.64. The van der Waals surface area contributed by atoms with Crippen LogP contribution in [-0.2, 0) is 13.2 Å². The van der Waals surface area contributed by atoms with E-state index in [1.807, 2.05) is 25.1 Å². The maximum atomic E-state index is 13.6. The number of ether oxygens (including phenoxy) is 2. The summed E-state index contributed by atoms with van der Waals surface area (Å²) in [7, 11) is 1.61. The highest BCUT2D eigenvalue weighted by Crippen LogP contribution is 2.26. The average molecular weight is 289 g/mol. The average Bonchev–Trinajstić information content (AvgIpc) is 2.52. The number of halogens is 1. The van der Waals surface area contributed by atoms with Gasteiger partial charge in [-0.05, 0) is 18.7 Å². The Hall–Kier alpha value is -2.07. The summed E-state index contributed by atoms with van der Waals surface area (Å²) in [6.07, 6.45) is 0. The van der Waals surface area contributed by atoms with Crippen LogP contribution in [-0.4, -0.2) is 13.7 Å². The van der Waals surface area contributed by atoms with Crippen molar-refractivity contribution in [1.29, 1.82) is 0 Å². The van der Waals surface area contributed by atoms with Crippen molar-refractivity contribution >= 4 is 0 Å². The third-order valence-electron chi connectivity index (χ3n) is 3.18. The monoisotopic (exact) mass is 289 g/mol. The Bertz CT molecular complexity index is 587. The fourth-order valence-electron chi connectivity index (χ4n) is 1.97. The summed E-state index contributed by atoms with van der Waals surface area (Å²) >= 11 is 0. The van der Waals surface area contributed by atoms with Crippen molar-refractivity contribution in [3.63, 3.8) is 0 Å². The van der Waals surface area contributed by atoms with Crippen molar-refractivity contribution in [2.24, 2.45) is 0 Å². The summed E-state index contributed by atoms with van der Waals surface area (Å²) in [5, 5.41) is 3.26. The van der Waals surface area contributed by atoms with Gasteiger partial charge in [-0.3, -0.25) is 0 Å². The molecule has 21 heavy (non-hydrogen) atoms. The number of hydrogen-bond acceptors (Lipinski definition) is 3. The molecule has 0 bridgehead atoms. The molecule has 4 heteroatoms.